The molecule has 0 aliphatic carbocycles. The second-order valence-electron chi connectivity index (χ2n) is 5.07. The number of amides is 1. The second kappa shape index (κ2) is 5.93. The Labute approximate surface area is 124 Å². The van der Waals surface area contributed by atoms with Crippen LogP contribution in [0.25, 0.3) is 0 Å². The Balaban J connectivity index is 2.34. The lowest BCUT2D eigenvalue weighted by Gasteiger charge is -2.28. The predicted octanol–water partition coefficient (Wildman–Crippen LogP) is 0.927. The van der Waals surface area contributed by atoms with E-state index in [1.165, 1.54) is 7.11 Å². The maximum absolute atomic E-state index is 12.7. The van der Waals surface area contributed by atoms with Gasteiger partial charge in [0.25, 0.3) is 5.91 Å². The highest BCUT2D eigenvalue weighted by Crippen LogP contribution is 2.28. The number of nitrogens with two attached hydrogens (primary N) is 1. The van der Waals surface area contributed by atoms with Crippen molar-refractivity contribution >= 4 is 21.4 Å². The number of hydrogen-bond donors (Lipinski definition) is 1. The molecule has 1 heterocycles. The van der Waals surface area contributed by atoms with Gasteiger partial charge in [-0.2, -0.15) is 0 Å². The minimum absolute atomic E-state index is 0.0155. The van der Waals surface area contributed by atoms with Crippen molar-refractivity contribution in [3.63, 3.8) is 0 Å². The number of carbonyl (C=O) groups is 1. The largest absolute Gasteiger partial charge is 0.496 e. The van der Waals surface area contributed by atoms with E-state index in [2.05, 4.69) is 0 Å². The van der Waals surface area contributed by atoms with Gasteiger partial charge in [-0.1, -0.05) is 6.07 Å². The van der Waals surface area contributed by atoms with E-state index in [0.29, 0.717) is 30.0 Å². The molecule has 116 valence electrons. The minimum atomic E-state index is -3.05. The number of benzene rings is 1. The number of rotatable bonds is 4. The number of nitrogens with zero attached hydrogens (tertiary/aromatic N) is 1. The van der Waals surface area contributed by atoms with Crippen LogP contribution in [0.2, 0.25) is 0 Å². The van der Waals surface area contributed by atoms with E-state index in [1.54, 1.807) is 23.1 Å². The summed E-state index contributed by atoms with van der Waals surface area (Å²) in [6.07, 6.45) is 0.469. The van der Waals surface area contributed by atoms with Gasteiger partial charge in [-0.3, -0.25) is 4.79 Å². The number of hydrogen-bond acceptors (Lipinski definition) is 5. The van der Waals surface area contributed by atoms with Crippen LogP contribution in [0.4, 0.5) is 5.69 Å². The second-order valence-corrected chi connectivity index (χ2v) is 7.30. The monoisotopic (exact) mass is 312 g/mol. The fraction of sp³-hybridized carbons (Fsp3) is 0.500. The Morgan fingerprint density at radius 3 is 2.71 bits per heavy atom. The van der Waals surface area contributed by atoms with Crippen LogP contribution < -0.4 is 10.5 Å². The van der Waals surface area contributed by atoms with Crippen LogP contribution in [-0.4, -0.2) is 50.4 Å². The Kier molecular flexibility index (Phi) is 4.41. The molecular formula is C14H20N2O4S. The molecule has 0 saturated carbocycles. The predicted molar refractivity (Wildman–Crippen MR) is 81.2 cm³/mol. The molecule has 1 aromatic rings. The molecule has 0 radical (unpaired) electrons. The third-order valence-electron chi connectivity index (χ3n) is 3.74. The molecule has 0 bridgehead atoms. The first-order valence-electron chi connectivity index (χ1n) is 6.83. The molecule has 1 atom stereocenters. The average molecular weight is 312 g/mol. The Morgan fingerprint density at radius 1 is 1.48 bits per heavy atom. The van der Waals surface area contributed by atoms with E-state index in [0.717, 1.165) is 0 Å². The lowest BCUT2D eigenvalue weighted by molar-refractivity contribution is 0.0706. The van der Waals surface area contributed by atoms with Gasteiger partial charge in [0.2, 0.25) is 0 Å². The molecule has 21 heavy (non-hydrogen) atoms. The lowest BCUT2D eigenvalue weighted by Crippen LogP contribution is -2.41. The zero-order chi connectivity index (χ0) is 15.6. The molecule has 1 aliphatic rings. The van der Waals surface area contributed by atoms with Gasteiger partial charge < -0.3 is 15.4 Å². The van der Waals surface area contributed by atoms with Gasteiger partial charge in [0.15, 0.2) is 9.84 Å². The van der Waals surface area contributed by atoms with Gasteiger partial charge >= 0.3 is 0 Å². The molecule has 1 amide bonds. The van der Waals surface area contributed by atoms with E-state index in [9.17, 15) is 13.2 Å². The van der Waals surface area contributed by atoms with E-state index in [-0.39, 0.29) is 23.5 Å². The summed E-state index contributed by atoms with van der Waals surface area (Å²) < 4.78 is 28.4. The summed E-state index contributed by atoms with van der Waals surface area (Å²) in [5.41, 5.74) is 6.53. The number of methoxy groups -OCH3 is 1. The first kappa shape index (κ1) is 15.6. The van der Waals surface area contributed by atoms with Gasteiger partial charge in [-0.05, 0) is 25.5 Å². The maximum atomic E-state index is 12.7. The molecule has 2 rings (SSSR count). The van der Waals surface area contributed by atoms with Gasteiger partial charge in [-0.15, -0.1) is 0 Å². The van der Waals surface area contributed by atoms with Crippen molar-refractivity contribution < 1.29 is 17.9 Å². The summed E-state index contributed by atoms with van der Waals surface area (Å²) >= 11 is 0. The summed E-state index contributed by atoms with van der Waals surface area (Å²) in [6, 6.07) is 4.72. The number of nitrogen functional groups attached to an aromatic ring is 1. The van der Waals surface area contributed by atoms with Gasteiger partial charge in [0.1, 0.15) is 11.3 Å². The Bertz CT molecular complexity index is 642. The molecule has 0 aromatic heterocycles. The Hall–Kier alpha value is -1.76. The van der Waals surface area contributed by atoms with Crippen LogP contribution in [-0.2, 0) is 9.84 Å². The highest BCUT2D eigenvalue weighted by atomic mass is 32.2. The van der Waals surface area contributed by atoms with Crippen molar-refractivity contribution in [1.29, 1.82) is 0 Å². The molecule has 6 nitrogen and oxygen atoms in total. The van der Waals surface area contributed by atoms with Crippen molar-refractivity contribution in [3.05, 3.63) is 23.8 Å². The van der Waals surface area contributed by atoms with Crippen LogP contribution in [0.15, 0.2) is 18.2 Å². The average Bonchev–Trinajstić information content (AvgIpc) is 2.79. The van der Waals surface area contributed by atoms with E-state index in [4.69, 9.17) is 10.5 Å². The van der Waals surface area contributed by atoms with E-state index in [1.807, 2.05) is 6.92 Å². The molecule has 2 N–H and O–H groups in total. The molecular weight excluding hydrogens is 292 g/mol. The number of carbonyl (C=O) groups excluding carboxylic acids is 1. The Morgan fingerprint density at radius 2 is 2.19 bits per heavy atom. The topological polar surface area (TPSA) is 89.7 Å². The fourth-order valence-corrected chi connectivity index (χ4v) is 4.41. The van der Waals surface area contributed by atoms with Crippen molar-refractivity contribution in [2.24, 2.45) is 0 Å². The molecule has 0 spiro atoms. The van der Waals surface area contributed by atoms with E-state index >= 15 is 0 Å². The summed E-state index contributed by atoms with van der Waals surface area (Å²) in [5.74, 6) is 0.263. The molecule has 1 fully saturated rings. The number of sulfone groups is 1. The first-order valence-corrected chi connectivity index (χ1v) is 8.65. The molecule has 1 aromatic carbocycles. The van der Waals surface area contributed by atoms with Gasteiger partial charge in [-0.25, -0.2) is 8.42 Å². The number of anilines is 1. The van der Waals surface area contributed by atoms with Crippen molar-refractivity contribution in [2.45, 2.75) is 19.4 Å². The SMILES string of the molecule is CCN(C(=O)c1c(N)cccc1OC)C1CCS(=O)(=O)C1. The summed E-state index contributed by atoms with van der Waals surface area (Å²) in [4.78, 5) is 14.3. The zero-order valence-electron chi connectivity index (χ0n) is 12.2. The standard InChI is InChI=1S/C14H20N2O4S/c1-3-16(10-7-8-21(18,19)9-10)14(17)13-11(15)5-4-6-12(13)20-2/h4-6,10H,3,7-9,15H2,1-2H3. The summed E-state index contributed by atoms with van der Waals surface area (Å²) in [7, 11) is -1.57. The fourth-order valence-electron chi connectivity index (χ4n) is 2.68. The summed E-state index contributed by atoms with van der Waals surface area (Å²) in [6.45, 7) is 2.25. The van der Waals surface area contributed by atoms with E-state index < -0.39 is 9.84 Å². The highest BCUT2D eigenvalue weighted by Gasteiger charge is 2.35. The van der Waals surface area contributed by atoms with Gasteiger partial charge in [0, 0.05) is 18.3 Å². The van der Waals surface area contributed by atoms with Crippen molar-refractivity contribution in [3.8, 4) is 5.75 Å². The van der Waals surface area contributed by atoms with Crippen LogP contribution in [0.1, 0.15) is 23.7 Å². The third kappa shape index (κ3) is 3.12. The number of ether oxygens (including phenoxy) is 1. The smallest absolute Gasteiger partial charge is 0.260 e. The normalized spacial score (nSPS) is 20.2. The van der Waals surface area contributed by atoms with Crippen LogP contribution in [0.3, 0.4) is 0 Å². The van der Waals surface area contributed by atoms with Crippen LogP contribution in [0.5, 0.6) is 5.75 Å². The molecule has 7 heteroatoms. The van der Waals surface area contributed by atoms with Crippen LogP contribution >= 0.6 is 0 Å². The van der Waals surface area contributed by atoms with Crippen molar-refractivity contribution in [1.82, 2.24) is 4.90 Å². The molecule has 1 saturated heterocycles. The minimum Gasteiger partial charge on any atom is -0.496 e. The van der Waals surface area contributed by atoms with Crippen LogP contribution in [0, 0.1) is 0 Å². The first-order chi connectivity index (χ1) is 9.89. The maximum Gasteiger partial charge on any atom is 0.260 e. The quantitative estimate of drug-likeness (QED) is 0.835. The highest BCUT2D eigenvalue weighted by molar-refractivity contribution is 7.91. The molecule has 1 unspecified atom stereocenters. The van der Waals surface area contributed by atoms with Gasteiger partial charge in [0.05, 0.1) is 18.6 Å². The van der Waals surface area contributed by atoms with Crippen molar-refractivity contribution in [2.75, 3.05) is 30.9 Å². The zero-order valence-corrected chi connectivity index (χ0v) is 13.0. The molecule has 1 aliphatic heterocycles. The lowest BCUT2D eigenvalue weighted by atomic mass is 10.1. The third-order valence-corrected chi connectivity index (χ3v) is 5.49. The summed E-state index contributed by atoms with van der Waals surface area (Å²) in [5, 5.41) is 0.